The van der Waals surface area contributed by atoms with Crippen LogP contribution in [0.1, 0.15) is 36.0 Å². The summed E-state index contributed by atoms with van der Waals surface area (Å²) in [5.74, 6) is 1.57. The summed E-state index contributed by atoms with van der Waals surface area (Å²) >= 11 is 0. The second-order valence-corrected chi connectivity index (χ2v) is 5.69. The fraction of sp³-hybridized carbons (Fsp3) is 0.368. The van der Waals surface area contributed by atoms with Crippen LogP contribution in [0.15, 0.2) is 48.5 Å². The van der Waals surface area contributed by atoms with E-state index in [-0.39, 0.29) is 0 Å². The predicted octanol–water partition coefficient (Wildman–Crippen LogP) is 3.90. The van der Waals surface area contributed by atoms with Crippen molar-refractivity contribution in [2.45, 2.75) is 32.2 Å². The molecule has 1 aliphatic heterocycles. The summed E-state index contributed by atoms with van der Waals surface area (Å²) in [6.45, 7) is 4.96. The molecule has 0 fully saturated rings. The van der Waals surface area contributed by atoms with Crippen molar-refractivity contribution in [1.29, 1.82) is 0 Å². The van der Waals surface area contributed by atoms with E-state index >= 15 is 0 Å². The molecule has 1 heterocycles. The van der Waals surface area contributed by atoms with Crippen LogP contribution in [-0.2, 0) is 13.0 Å². The Hall–Kier alpha value is -1.80. The molecule has 3 rings (SSSR count). The van der Waals surface area contributed by atoms with Crippen LogP contribution in [0.4, 0.5) is 0 Å². The average Bonchev–Trinajstić information content (AvgIpc) is 2.54. The lowest BCUT2D eigenvalue weighted by Crippen LogP contribution is -2.29. The Morgan fingerprint density at radius 1 is 1.10 bits per heavy atom. The molecule has 0 radical (unpaired) electrons. The summed E-state index contributed by atoms with van der Waals surface area (Å²) in [6.07, 6.45) is 2.08. The van der Waals surface area contributed by atoms with E-state index in [0.29, 0.717) is 5.92 Å². The van der Waals surface area contributed by atoms with Crippen molar-refractivity contribution in [3.05, 3.63) is 65.2 Å². The zero-order chi connectivity index (χ0) is 14.5. The van der Waals surface area contributed by atoms with E-state index in [0.717, 1.165) is 38.3 Å². The highest BCUT2D eigenvalue weighted by Crippen LogP contribution is 2.30. The SMILES string of the molecule is CCCOc1ccccc1CC1CNCc2ccccc21. The number of hydrogen-bond acceptors (Lipinski definition) is 2. The van der Waals surface area contributed by atoms with Crippen LogP contribution in [0.5, 0.6) is 5.75 Å². The third kappa shape index (κ3) is 3.27. The van der Waals surface area contributed by atoms with E-state index in [1.807, 2.05) is 0 Å². The molecule has 0 spiro atoms. The third-order valence-electron chi connectivity index (χ3n) is 4.10. The first-order chi connectivity index (χ1) is 10.4. The highest BCUT2D eigenvalue weighted by molar-refractivity contribution is 5.38. The number of fused-ring (bicyclic) bond motifs is 1. The van der Waals surface area contributed by atoms with Crippen LogP contribution >= 0.6 is 0 Å². The van der Waals surface area contributed by atoms with Gasteiger partial charge in [-0.2, -0.15) is 0 Å². The Bertz CT molecular complexity index is 594. The topological polar surface area (TPSA) is 21.3 Å². The molecule has 0 aliphatic carbocycles. The van der Waals surface area contributed by atoms with Gasteiger partial charge in [-0.1, -0.05) is 49.4 Å². The van der Waals surface area contributed by atoms with Crippen LogP contribution < -0.4 is 10.1 Å². The number of hydrogen-bond donors (Lipinski definition) is 1. The van der Waals surface area contributed by atoms with E-state index in [1.54, 1.807) is 0 Å². The molecule has 2 heteroatoms. The minimum Gasteiger partial charge on any atom is -0.493 e. The Labute approximate surface area is 127 Å². The molecule has 1 atom stereocenters. The molecule has 0 bridgehead atoms. The zero-order valence-corrected chi connectivity index (χ0v) is 12.6. The standard InChI is InChI=1S/C19H23NO/c1-2-11-21-19-10-6-4-7-15(19)12-17-14-20-13-16-8-3-5-9-18(16)17/h3-10,17,20H,2,11-14H2,1H3. The van der Waals surface area contributed by atoms with Gasteiger partial charge in [-0.15, -0.1) is 0 Å². The predicted molar refractivity (Wildman–Crippen MR) is 86.8 cm³/mol. The van der Waals surface area contributed by atoms with Gasteiger partial charge in [-0.05, 0) is 35.6 Å². The molecule has 2 aromatic carbocycles. The highest BCUT2D eigenvalue weighted by atomic mass is 16.5. The van der Waals surface area contributed by atoms with Gasteiger partial charge >= 0.3 is 0 Å². The first-order valence-electron chi connectivity index (χ1n) is 7.87. The van der Waals surface area contributed by atoms with Crippen molar-refractivity contribution < 1.29 is 4.74 Å². The van der Waals surface area contributed by atoms with Gasteiger partial charge < -0.3 is 10.1 Å². The van der Waals surface area contributed by atoms with Gasteiger partial charge in [0.25, 0.3) is 0 Å². The van der Waals surface area contributed by atoms with E-state index < -0.39 is 0 Å². The smallest absolute Gasteiger partial charge is 0.122 e. The van der Waals surface area contributed by atoms with Gasteiger partial charge in [-0.25, -0.2) is 0 Å². The number of nitrogens with one attached hydrogen (secondary N) is 1. The molecule has 0 saturated carbocycles. The normalized spacial score (nSPS) is 17.3. The molecule has 110 valence electrons. The lowest BCUT2D eigenvalue weighted by Gasteiger charge is -2.27. The third-order valence-corrected chi connectivity index (χ3v) is 4.10. The van der Waals surface area contributed by atoms with Crippen LogP contribution in [-0.4, -0.2) is 13.2 Å². The monoisotopic (exact) mass is 281 g/mol. The average molecular weight is 281 g/mol. The lowest BCUT2D eigenvalue weighted by molar-refractivity contribution is 0.313. The van der Waals surface area contributed by atoms with Gasteiger partial charge in [0.15, 0.2) is 0 Å². The van der Waals surface area contributed by atoms with Gasteiger partial charge in [0, 0.05) is 19.0 Å². The van der Waals surface area contributed by atoms with Crippen molar-refractivity contribution in [2.75, 3.05) is 13.2 Å². The quantitative estimate of drug-likeness (QED) is 0.897. The number of ether oxygens (including phenoxy) is 1. The van der Waals surface area contributed by atoms with Crippen molar-refractivity contribution in [3.8, 4) is 5.75 Å². The molecule has 1 unspecified atom stereocenters. The van der Waals surface area contributed by atoms with Crippen LogP contribution in [0.2, 0.25) is 0 Å². The maximum absolute atomic E-state index is 5.90. The molecule has 2 aromatic rings. The Kier molecular flexibility index (Phi) is 4.56. The summed E-state index contributed by atoms with van der Waals surface area (Å²) in [5.41, 5.74) is 4.23. The summed E-state index contributed by atoms with van der Waals surface area (Å²) in [7, 11) is 0. The molecular formula is C19H23NO. The Morgan fingerprint density at radius 2 is 1.90 bits per heavy atom. The summed E-state index contributed by atoms with van der Waals surface area (Å²) in [5, 5.41) is 3.53. The summed E-state index contributed by atoms with van der Waals surface area (Å²) in [4.78, 5) is 0. The van der Waals surface area contributed by atoms with E-state index in [1.165, 1.54) is 16.7 Å². The number of benzene rings is 2. The van der Waals surface area contributed by atoms with Crippen LogP contribution in [0, 0.1) is 0 Å². The Balaban J connectivity index is 1.81. The minimum absolute atomic E-state index is 0.529. The summed E-state index contributed by atoms with van der Waals surface area (Å²) in [6, 6.07) is 17.2. The second-order valence-electron chi connectivity index (χ2n) is 5.69. The molecule has 0 aromatic heterocycles. The fourth-order valence-electron chi connectivity index (χ4n) is 3.06. The van der Waals surface area contributed by atoms with E-state index in [4.69, 9.17) is 4.74 Å². The molecule has 1 aliphatic rings. The second kappa shape index (κ2) is 6.77. The molecule has 0 saturated heterocycles. The van der Waals surface area contributed by atoms with E-state index in [2.05, 4.69) is 60.8 Å². The van der Waals surface area contributed by atoms with Gasteiger partial charge in [0.2, 0.25) is 0 Å². The van der Waals surface area contributed by atoms with Gasteiger partial charge in [0.05, 0.1) is 6.61 Å². The van der Waals surface area contributed by atoms with Crippen LogP contribution in [0.25, 0.3) is 0 Å². The first kappa shape index (κ1) is 14.2. The van der Waals surface area contributed by atoms with Crippen molar-refractivity contribution in [2.24, 2.45) is 0 Å². The van der Waals surface area contributed by atoms with Crippen molar-refractivity contribution in [3.63, 3.8) is 0 Å². The van der Waals surface area contributed by atoms with Crippen molar-refractivity contribution in [1.82, 2.24) is 5.32 Å². The van der Waals surface area contributed by atoms with E-state index in [9.17, 15) is 0 Å². The molecule has 21 heavy (non-hydrogen) atoms. The maximum Gasteiger partial charge on any atom is 0.122 e. The zero-order valence-electron chi connectivity index (χ0n) is 12.6. The van der Waals surface area contributed by atoms with Crippen LogP contribution in [0.3, 0.4) is 0 Å². The Morgan fingerprint density at radius 3 is 2.81 bits per heavy atom. The maximum atomic E-state index is 5.90. The number of para-hydroxylation sites is 1. The summed E-state index contributed by atoms with van der Waals surface area (Å²) < 4.78 is 5.90. The molecule has 2 nitrogen and oxygen atoms in total. The highest BCUT2D eigenvalue weighted by Gasteiger charge is 2.20. The number of rotatable bonds is 5. The molecule has 1 N–H and O–H groups in total. The molecule has 0 amide bonds. The first-order valence-corrected chi connectivity index (χ1v) is 7.87. The van der Waals surface area contributed by atoms with Gasteiger partial charge in [-0.3, -0.25) is 0 Å². The van der Waals surface area contributed by atoms with Gasteiger partial charge in [0.1, 0.15) is 5.75 Å². The van der Waals surface area contributed by atoms with Crippen molar-refractivity contribution >= 4 is 0 Å². The largest absolute Gasteiger partial charge is 0.493 e. The lowest BCUT2D eigenvalue weighted by atomic mass is 9.86. The molecular weight excluding hydrogens is 258 g/mol. The minimum atomic E-state index is 0.529. The fourth-order valence-corrected chi connectivity index (χ4v) is 3.06.